The number of hydrogen-bond acceptors (Lipinski definition) is 6. The average molecular weight is 553 g/mol. The second-order valence-corrected chi connectivity index (χ2v) is 9.31. The van der Waals surface area contributed by atoms with Gasteiger partial charge < -0.3 is 15.4 Å². The Morgan fingerprint density at radius 3 is 2.05 bits per heavy atom. The van der Waals surface area contributed by atoms with Gasteiger partial charge in [0, 0.05) is 43.2 Å². The smallest absolute Gasteiger partial charge is 0.268 e. The molecule has 3 rings (SSSR count). The van der Waals surface area contributed by atoms with Gasteiger partial charge in [-0.15, -0.1) is 0 Å². The second-order valence-electron chi connectivity index (χ2n) is 9.31. The lowest BCUT2D eigenvalue weighted by Crippen LogP contribution is -2.68. The van der Waals surface area contributed by atoms with Crippen molar-refractivity contribution in [1.82, 2.24) is 21.0 Å². The summed E-state index contributed by atoms with van der Waals surface area (Å²) >= 11 is 0. The molecule has 210 valence electrons. The van der Waals surface area contributed by atoms with Crippen LogP contribution in [0.3, 0.4) is 0 Å². The SMILES string of the molecule is CC(=O)NC(C)(C(F)F)[C@H](NC(=O)c1ccc(C#CC#Cc2ccc(CN3CCOCC3)cc2)cc1)C(=O)NO. The predicted octanol–water partition coefficient (Wildman–Crippen LogP) is 1.69. The van der Waals surface area contributed by atoms with Crippen molar-refractivity contribution in [3.63, 3.8) is 0 Å². The first kappa shape index (κ1) is 30.3. The Morgan fingerprint density at radius 1 is 1.00 bits per heavy atom. The minimum atomic E-state index is -3.24. The van der Waals surface area contributed by atoms with Crippen LogP contribution in [0.15, 0.2) is 48.5 Å². The molecule has 11 heteroatoms. The number of carbonyl (C=O) groups excluding carboxylic acids is 3. The van der Waals surface area contributed by atoms with Crippen LogP contribution < -0.4 is 16.1 Å². The number of hydrogen-bond donors (Lipinski definition) is 4. The summed E-state index contributed by atoms with van der Waals surface area (Å²) in [6, 6.07) is 11.8. The normalized spacial score (nSPS) is 15.3. The minimum Gasteiger partial charge on any atom is -0.379 e. The fourth-order valence-electron chi connectivity index (χ4n) is 4.02. The number of nitrogens with zero attached hydrogens (tertiary/aromatic N) is 1. The Morgan fingerprint density at radius 2 is 1.55 bits per heavy atom. The molecule has 0 bridgehead atoms. The quantitative estimate of drug-likeness (QED) is 0.225. The van der Waals surface area contributed by atoms with Crippen molar-refractivity contribution in [2.24, 2.45) is 0 Å². The molecule has 1 heterocycles. The predicted molar refractivity (Wildman–Crippen MR) is 142 cm³/mol. The lowest BCUT2D eigenvalue weighted by Gasteiger charge is -2.36. The van der Waals surface area contributed by atoms with Gasteiger partial charge in [0.25, 0.3) is 18.2 Å². The van der Waals surface area contributed by atoms with Crippen LogP contribution in [0.2, 0.25) is 0 Å². The van der Waals surface area contributed by atoms with Gasteiger partial charge in [-0.25, -0.2) is 14.3 Å². The maximum atomic E-state index is 13.8. The monoisotopic (exact) mass is 552 g/mol. The number of morpholine rings is 1. The molecule has 2 aromatic rings. The van der Waals surface area contributed by atoms with Crippen molar-refractivity contribution in [2.45, 2.75) is 38.4 Å². The summed E-state index contributed by atoms with van der Waals surface area (Å²) in [6.45, 7) is 6.08. The first-order valence-electron chi connectivity index (χ1n) is 12.4. The van der Waals surface area contributed by atoms with Crippen LogP contribution in [-0.2, 0) is 20.9 Å². The van der Waals surface area contributed by atoms with E-state index in [4.69, 9.17) is 9.94 Å². The fraction of sp³-hybridized carbons (Fsp3) is 0.345. The van der Waals surface area contributed by atoms with E-state index in [1.165, 1.54) is 35.3 Å². The molecule has 0 radical (unpaired) electrons. The lowest BCUT2D eigenvalue weighted by atomic mass is 9.91. The molecule has 1 aliphatic rings. The largest absolute Gasteiger partial charge is 0.379 e. The third-order valence-electron chi connectivity index (χ3n) is 6.23. The van der Waals surface area contributed by atoms with Gasteiger partial charge in [-0.1, -0.05) is 24.0 Å². The van der Waals surface area contributed by atoms with E-state index in [1.54, 1.807) is 0 Å². The third-order valence-corrected chi connectivity index (χ3v) is 6.23. The number of rotatable bonds is 8. The van der Waals surface area contributed by atoms with E-state index in [9.17, 15) is 23.2 Å². The van der Waals surface area contributed by atoms with Crippen molar-refractivity contribution >= 4 is 17.7 Å². The highest BCUT2D eigenvalue weighted by Gasteiger charge is 2.48. The molecule has 1 saturated heterocycles. The van der Waals surface area contributed by atoms with E-state index in [0.717, 1.165) is 52.3 Å². The number of halogens is 2. The summed E-state index contributed by atoms with van der Waals surface area (Å²) < 4.78 is 33.0. The molecule has 1 aliphatic heterocycles. The van der Waals surface area contributed by atoms with Gasteiger partial charge >= 0.3 is 0 Å². The number of alkyl halides is 2. The number of nitrogens with one attached hydrogen (secondary N) is 3. The fourth-order valence-corrected chi connectivity index (χ4v) is 4.02. The van der Waals surface area contributed by atoms with Crippen LogP contribution >= 0.6 is 0 Å². The summed E-state index contributed by atoms with van der Waals surface area (Å²) in [4.78, 5) is 38.6. The van der Waals surface area contributed by atoms with E-state index in [-0.39, 0.29) is 5.56 Å². The zero-order chi connectivity index (χ0) is 29.1. The maximum Gasteiger partial charge on any atom is 0.268 e. The average Bonchev–Trinajstić information content (AvgIpc) is 2.94. The molecule has 2 aromatic carbocycles. The number of amides is 3. The van der Waals surface area contributed by atoms with Crippen molar-refractivity contribution < 1.29 is 33.1 Å². The molecule has 1 fully saturated rings. The Hall–Kier alpha value is -4.29. The van der Waals surface area contributed by atoms with Gasteiger partial charge in [-0.3, -0.25) is 24.5 Å². The summed E-state index contributed by atoms with van der Waals surface area (Å²) in [5, 5.41) is 13.2. The number of ether oxygens (including phenoxy) is 1. The number of benzene rings is 2. The molecule has 4 N–H and O–H groups in total. The zero-order valence-corrected chi connectivity index (χ0v) is 22.1. The van der Waals surface area contributed by atoms with Crippen LogP contribution in [0, 0.1) is 23.7 Å². The van der Waals surface area contributed by atoms with Gasteiger partial charge in [0.05, 0.1) is 13.2 Å². The Kier molecular flexibility index (Phi) is 10.7. The molecule has 0 aromatic heterocycles. The van der Waals surface area contributed by atoms with Gasteiger partial charge in [0.15, 0.2) is 0 Å². The number of hydroxylamine groups is 1. The lowest BCUT2D eigenvalue weighted by molar-refractivity contribution is -0.137. The van der Waals surface area contributed by atoms with Crippen LogP contribution in [-0.4, -0.2) is 72.1 Å². The molecule has 40 heavy (non-hydrogen) atoms. The Balaban J connectivity index is 1.63. The second kappa shape index (κ2) is 14.2. The highest BCUT2D eigenvalue weighted by Crippen LogP contribution is 2.21. The van der Waals surface area contributed by atoms with Crippen molar-refractivity contribution in [2.75, 3.05) is 26.3 Å². The van der Waals surface area contributed by atoms with Crippen LogP contribution in [0.25, 0.3) is 0 Å². The van der Waals surface area contributed by atoms with E-state index >= 15 is 0 Å². The minimum absolute atomic E-state index is 0.0454. The summed E-state index contributed by atoms with van der Waals surface area (Å²) in [5.74, 6) is 8.33. The standard InChI is InChI=1S/C29H30F2N4O5/c1-20(36)33-29(2,28(30)31)25(27(38)34-39)32-26(37)24-13-11-22(12-14-24)6-4-3-5-21-7-9-23(10-8-21)19-35-15-17-40-18-16-35/h7-14,25,28,39H,15-19H2,1-2H3,(H,32,37)(H,33,36)(H,34,38)/t25-,29?/m1/s1. The van der Waals surface area contributed by atoms with Gasteiger partial charge in [0.2, 0.25) is 5.91 Å². The molecule has 0 spiro atoms. The first-order chi connectivity index (χ1) is 19.1. The molecular formula is C29H30F2N4O5. The Labute approximate surface area is 231 Å². The molecule has 2 atom stereocenters. The van der Waals surface area contributed by atoms with Crippen molar-refractivity contribution in [1.29, 1.82) is 0 Å². The number of carbonyl (C=O) groups is 3. The maximum absolute atomic E-state index is 13.8. The van der Waals surface area contributed by atoms with E-state index in [0.29, 0.717) is 5.56 Å². The molecule has 1 unspecified atom stereocenters. The molecule has 9 nitrogen and oxygen atoms in total. The van der Waals surface area contributed by atoms with E-state index in [1.807, 2.05) is 29.6 Å². The summed E-state index contributed by atoms with van der Waals surface area (Å²) in [5.41, 5.74) is 1.37. The first-order valence-corrected chi connectivity index (χ1v) is 12.4. The summed E-state index contributed by atoms with van der Waals surface area (Å²) in [6.07, 6.45) is -3.24. The zero-order valence-electron chi connectivity index (χ0n) is 22.1. The topological polar surface area (TPSA) is 120 Å². The third kappa shape index (κ3) is 8.35. The van der Waals surface area contributed by atoms with Crippen LogP contribution in [0.5, 0.6) is 0 Å². The van der Waals surface area contributed by atoms with E-state index < -0.39 is 35.7 Å². The highest BCUT2D eigenvalue weighted by molar-refractivity contribution is 5.98. The molecular weight excluding hydrogens is 522 g/mol. The highest BCUT2D eigenvalue weighted by atomic mass is 19.3. The van der Waals surface area contributed by atoms with E-state index in [2.05, 4.69) is 33.9 Å². The molecule has 3 amide bonds. The van der Waals surface area contributed by atoms with Gasteiger partial charge in [0.1, 0.15) is 11.6 Å². The van der Waals surface area contributed by atoms with Crippen molar-refractivity contribution in [3.05, 3.63) is 70.8 Å². The molecule has 0 saturated carbocycles. The Bertz CT molecular complexity index is 1320. The molecule has 0 aliphatic carbocycles. The van der Waals surface area contributed by atoms with Crippen molar-refractivity contribution in [3.8, 4) is 23.7 Å². The van der Waals surface area contributed by atoms with Gasteiger partial charge in [-0.2, -0.15) is 0 Å². The van der Waals surface area contributed by atoms with Crippen LogP contribution in [0.1, 0.15) is 40.9 Å². The van der Waals surface area contributed by atoms with Gasteiger partial charge in [-0.05, 0) is 60.7 Å². The van der Waals surface area contributed by atoms with Crippen LogP contribution in [0.4, 0.5) is 8.78 Å². The summed E-state index contributed by atoms with van der Waals surface area (Å²) in [7, 11) is 0.